The first-order valence-corrected chi connectivity index (χ1v) is 9.57. The number of rotatable bonds is 7. The van der Waals surface area contributed by atoms with Crippen LogP contribution in [-0.4, -0.2) is 79.9 Å². The van der Waals surface area contributed by atoms with E-state index in [0.29, 0.717) is 24.7 Å². The van der Waals surface area contributed by atoms with Crippen LogP contribution in [0.2, 0.25) is 5.02 Å². The Kier molecular flexibility index (Phi) is 8.19. The second-order valence-electron chi connectivity index (χ2n) is 6.76. The van der Waals surface area contributed by atoms with Crippen LogP contribution >= 0.6 is 11.6 Å². The quantitative estimate of drug-likeness (QED) is 0.446. The van der Waals surface area contributed by atoms with Crippen LogP contribution in [0.25, 0.3) is 0 Å². The molecule has 0 saturated carbocycles. The predicted octanol–water partition coefficient (Wildman–Crippen LogP) is 1.90. The number of aliphatic imine (C=N–C) groups is 1. The van der Waals surface area contributed by atoms with E-state index in [1.54, 1.807) is 0 Å². The van der Waals surface area contributed by atoms with Gasteiger partial charge < -0.3 is 20.0 Å². The second-order valence-corrected chi connectivity index (χ2v) is 7.19. The number of carbonyl (C=O) groups excluding carboxylic acids is 1. The summed E-state index contributed by atoms with van der Waals surface area (Å²) in [5.74, 6) is 0.968. The number of halogens is 1. The van der Waals surface area contributed by atoms with Crippen molar-refractivity contribution in [3.05, 3.63) is 34.9 Å². The zero-order chi connectivity index (χ0) is 18.9. The fourth-order valence-corrected chi connectivity index (χ4v) is 2.99. The van der Waals surface area contributed by atoms with Crippen LogP contribution in [0.5, 0.6) is 0 Å². The fraction of sp³-hybridized carbons (Fsp3) is 0.579. The van der Waals surface area contributed by atoms with Gasteiger partial charge in [-0.25, -0.2) is 0 Å². The van der Waals surface area contributed by atoms with Crippen molar-refractivity contribution in [2.75, 3.05) is 53.4 Å². The highest BCUT2D eigenvalue weighted by molar-refractivity contribution is 6.30. The first kappa shape index (κ1) is 20.5. The molecular weight excluding hydrogens is 350 g/mol. The Morgan fingerprint density at radius 2 is 2.00 bits per heavy atom. The molecule has 6 nitrogen and oxygen atoms in total. The molecule has 7 heteroatoms. The number of nitrogens with one attached hydrogen (secondary N) is 1. The number of hydrogen-bond acceptors (Lipinski definition) is 3. The van der Waals surface area contributed by atoms with Gasteiger partial charge in [-0.3, -0.25) is 9.79 Å². The summed E-state index contributed by atoms with van der Waals surface area (Å²) in [4.78, 5) is 23.4. The summed E-state index contributed by atoms with van der Waals surface area (Å²) in [6, 6.07) is 7.67. The van der Waals surface area contributed by atoms with Gasteiger partial charge in [0.2, 0.25) is 5.91 Å². The van der Waals surface area contributed by atoms with Gasteiger partial charge in [-0.15, -0.1) is 0 Å². The van der Waals surface area contributed by atoms with Crippen LogP contribution in [0, 0.1) is 0 Å². The minimum atomic E-state index is 0.130. The fourth-order valence-electron chi connectivity index (χ4n) is 2.86. The molecule has 0 atom stereocenters. The Hall–Kier alpha value is -1.79. The number of guanidine groups is 1. The lowest BCUT2D eigenvalue weighted by molar-refractivity contribution is -0.135. The third kappa shape index (κ3) is 6.50. The molecule has 0 radical (unpaired) electrons. The van der Waals surface area contributed by atoms with Gasteiger partial charge in [0.15, 0.2) is 5.96 Å². The summed E-state index contributed by atoms with van der Waals surface area (Å²) >= 11 is 5.93. The largest absolute Gasteiger partial charge is 0.357 e. The molecule has 1 aromatic carbocycles. The molecule has 26 heavy (non-hydrogen) atoms. The number of piperazine rings is 1. The third-order valence-electron chi connectivity index (χ3n) is 4.26. The van der Waals surface area contributed by atoms with Crippen LogP contribution in [0.1, 0.15) is 18.9 Å². The SMILES string of the molecule is CCNC(=NCCCN(C)C)N1CCN(Cc2ccc(Cl)cc2)C(=O)C1. The lowest BCUT2D eigenvalue weighted by Gasteiger charge is -2.36. The molecule has 0 aliphatic carbocycles. The van der Waals surface area contributed by atoms with Crippen molar-refractivity contribution >= 4 is 23.5 Å². The molecule has 0 unspecified atom stereocenters. The Labute approximate surface area is 161 Å². The smallest absolute Gasteiger partial charge is 0.242 e. The van der Waals surface area contributed by atoms with E-state index >= 15 is 0 Å². The number of amides is 1. The average molecular weight is 380 g/mol. The maximum Gasteiger partial charge on any atom is 0.242 e. The van der Waals surface area contributed by atoms with E-state index in [-0.39, 0.29) is 5.91 Å². The van der Waals surface area contributed by atoms with Crippen LogP contribution in [0.4, 0.5) is 0 Å². The average Bonchev–Trinajstić information content (AvgIpc) is 2.61. The van der Waals surface area contributed by atoms with Crippen LogP contribution in [0.3, 0.4) is 0 Å². The molecule has 1 aromatic rings. The van der Waals surface area contributed by atoms with E-state index in [2.05, 4.69) is 34.2 Å². The van der Waals surface area contributed by atoms with Gasteiger partial charge in [-0.05, 0) is 51.7 Å². The van der Waals surface area contributed by atoms with Gasteiger partial charge in [0, 0.05) is 37.7 Å². The van der Waals surface area contributed by atoms with E-state index in [1.807, 2.05) is 36.1 Å². The first-order valence-electron chi connectivity index (χ1n) is 9.19. The van der Waals surface area contributed by atoms with E-state index in [4.69, 9.17) is 11.6 Å². The summed E-state index contributed by atoms with van der Waals surface area (Å²) in [6.07, 6.45) is 1.01. The molecule has 0 aromatic heterocycles. The van der Waals surface area contributed by atoms with Crippen molar-refractivity contribution in [2.24, 2.45) is 4.99 Å². The lowest BCUT2D eigenvalue weighted by Crippen LogP contribution is -2.55. The molecule has 1 N–H and O–H groups in total. The van der Waals surface area contributed by atoms with Gasteiger partial charge in [-0.1, -0.05) is 23.7 Å². The number of benzene rings is 1. The maximum atomic E-state index is 12.6. The molecule has 1 aliphatic rings. The Balaban J connectivity index is 1.90. The highest BCUT2D eigenvalue weighted by Crippen LogP contribution is 2.13. The van der Waals surface area contributed by atoms with Gasteiger partial charge in [0.25, 0.3) is 0 Å². The molecule has 1 amide bonds. The molecule has 1 heterocycles. The highest BCUT2D eigenvalue weighted by atomic mass is 35.5. The highest BCUT2D eigenvalue weighted by Gasteiger charge is 2.25. The predicted molar refractivity (Wildman–Crippen MR) is 108 cm³/mol. The summed E-state index contributed by atoms with van der Waals surface area (Å²) in [7, 11) is 4.13. The van der Waals surface area contributed by atoms with E-state index in [0.717, 1.165) is 44.1 Å². The molecule has 0 spiro atoms. The Morgan fingerprint density at radius 3 is 2.62 bits per heavy atom. The van der Waals surface area contributed by atoms with Crippen molar-refractivity contribution in [3.63, 3.8) is 0 Å². The first-order chi connectivity index (χ1) is 12.5. The second kappa shape index (κ2) is 10.4. The summed E-state index contributed by atoms with van der Waals surface area (Å²) in [5, 5.41) is 4.02. The number of hydrogen-bond donors (Lipinski definition) is 1. The monoisotopic (exact) mass is 379 g/mol. The lowest BCUT2D eigenvalue weighted by atomic mass is 10.2. The van der Waals surface area contributed by atoms with Crippen molar-refractivity contribution in [2.45, 2.75) is 19.9 Å². The van der Waals surface area contributed by atoms with Crippen molar-refractivity contribution in [3.8, 4) is 0 Å². The normalized spacial score (nSPS) is 15.7. The van der Waals surface area contributed by atoms with Gasteiger partial charge in [-0.2, -0.15) is 0 Å². The topological polar surface area (TPSA) is 51.2 Å². The minimum absolute atomic E-state index is 0.130. The summed E-state index contributed by atoms with van der Waals surface area (Å²) < 4.78 is 0. The van der Waals surface area contributed by atoms with Crippen molar-refractivity contribution < 1.29 is 4.79 Å². The number of nitrogens with zero attached hydrogens (tertiary/aromatic N) is 4. The van der Waals surface area contributed by atoms with Crippen molar-refractivity contribution in [1.82, 2.24) is 20.0 Å². The Bertz CT molecular complexity index is 602. The van der Waals surface area contributed by atoms with E-state index < -0.39 is 0 Å². The summed E-state index contributed by atoms with van der Waals surface area (Å²) in [5.41, 5.74) is 1.10. The molecule has 0 bridgehead atoms. The van der Waals surface area contributed by atoms with E-state index in [1.165, 1.54) is 0 Å². The Morgan fingerprint density at radius 1 is 1.27 bits per heavy atom. The standard InChI is InChI=1S/C19H30ClN5O/c1-4-21-19(22-10-5-11-23(2)3)25-13-12-24(18(26)15-25)14-16-6-8-17(20)9-7-16/h6-9H,4-5,10-15H2,1-3H3,(H,21,22). The zero-order valence-corrected chi connectivity index (χ0v) is 16.8. The van der Waals surface area contributed by atoms with Crippen LogP contribution in [-0.2, 0) is 11.3 Å². The molecular formula is C19H30ClN5O. The van der Waals surface area contributed by atoms with Gasteiger partial charge >= 0.3 is 0 Å². The number of carbonyl (C=O) groups is 1. The third-order valence-corrected chi connectivity index (χ3v) is 4.52. The molecule has 2 rings (SSSR count). The van der Waals surface area contributed by atoms with Gasteiger partial charge in [0.1, 0.15) is 0 Å². The van der Waals surface area contributed by atoms with Crippen molar-refractivity contribution in [1.29, 1.82) is 0 Å². The van der Waals surface area contributed by atoms with Gasteiger partial charge in [0.05, 0.1) is 6.54 Å². The minimum Gasteiger partial charge on any atom is -0.357 e. The maximum absolute atomic E-state index is 12.6. The van der Waals surface area contributed by atoms with E-state index in [9.17, 15) is 4.79 Å². The molecule has 144 valence electrons. The molecule has 1 aliphatic heterocycles. The molecule has 1 fully saturated rings. The molecule has 1 saturated heterocycles. The summed E-state index contributed by atoms with van der Waals surface area (Å²) in [6.45, 7) is 7.10. The van der Waals surface area contributed by atoms with Crippen LogP contribution < -0.4 is 5.32 Å². The zero-order valence-electron chi connectivity index (χ0n) is 16.0. The van der Waals surface area contributed by atoms with Crippen LogP contribution in [0.15, 0.2) is 29.3 Å².